The Kier molecular flexibility index (Phi) is 6.26. The van der Waals surface area contributed by atoms with Gasteiger partial charge in [0.2, 0.25) is 17.6 Å². The monoisotopic (exact) mass is 449 g/mol. The Morgan fingerprint density at radius 1 is 1.00 bits per heavy atom. The van der Waals surface area contributed by atoms with Crippen LogP contribution in [0.3, 0.4) is 0 Å². The number of carbonyl (C=O) groups excluding carboxylic acids is 2. The number of nitrogens with one attached hydrogen (secondary N) is 2. The Hall–Kier alpha value is -3.99. The Bertz CT molecular complexity index is 1250. The number of aromatic nitrogens is 5. The number of benzene rings is 2. The van der Waals surface area contributed by atoms with Crippen molar-refractivity contribution in [3.8, 4) is 17.2 Å². The number of hydrogen-bond donors (Lipinski definition) is 2. The summed E-state index contributed by atoms with van der Waals surface area (Å²) in [5.74, 6) is 0.0826. The lowest BCUT2D eigenvalue weighted by Crippen LogP contribution is -2.15. The molecule has 0 radical (unpaired) electrons. The average Bonchev–Trinajstić information content (AvgIpc) is 3.40. The molecule has 0 unspecified atom stereocenters. The predicted molar refractivity (Wildman–Crippen MR) is 119 cm³/mol. The van der Waals surface area contributed by atoms with Crippen molar-refractivity contribution in [3.05, 3.63) is 60.2 Å². The molecule has 0 fully saturated rings. The smallest absolute Gasteiger partial charge is 0.234 e. The van der Waals surface area contributed by atoms with Crippen molar-refractivity contribution >= 4 is 35.1 Å². The second kappa shape index (κ2) is 9.43. The van der Waals surface area contributed by atoms with Gasteiger partial charge >= 0.3 is 0 Å². The molecular formula is C21H19N7O3S. The Morgan fingerprint density at radius 2 is 1.75 bits per heavy atom. The maximum atomic E-state index is 12.5. The van der Waals surface area contributed by atoms with E-state index in [-0.39, 0.29) is 29.1 Å². The fourth-order valence-electron chi connectivity index (χ4n) is 2.94. The van der Waals surface area contributed by atoms with E-state index in [2.05, 4.69) is 31.1 Å². The minimum Gasteiger partial charge on any atom is -0.325 e. The number of nitrogens with zero attached hydrogens (tertiary/aromatic N) is 5. The van der Waals surface area contributed by atoms with Gasteiger partial charge < -0.3 is 10.6 Å². The predicted octanol–water partition coefficient (Wildman–Crippen LogP) is 3.31. The summed E-state index contributed by atoms with van der Waals surface area (Å²) in [7, 11) is 0. The maximum Gasteiger partial charge on any atom is 0.234 e. The van der Waals surface area contributed by atoms with Crippen molar-refractivity contribution in [2.75, 3.05) is 16.4 Å². The summed E-state index contributed by atoms with van der Waals surface area (Å²) in [5.41, 5.74) is 2.72. The van der Waals surface area contributed by atoms with Gasteiger partial charge in [0.1, 0.15) is 0 Å². The quantitative estimate of drug-likeness (QED) is 0.411. The summed E-state index contributed by atoms with van der Waals surface area (Å²) in [5, 5.41) is 22.0. The van der Waals surface area contributed by atoms with Crippen molar-refractivity contribution in [1.82, 2.24) is 25.1 Å². The first-order valence-corrected chi connectivity index (χ1v) is 10.6. The third-order valence-corrected chi connectivity index (χ3v) is 5.32. The van der Waals surface area contributed by atoms with Crippen LogP contribution in [0.5, 0.6) is 0 Å². The lowest BCUT2D eigenvalue weighted by molar-refractivity contribution is -0.114. The van der Waals surface area contributed by atoms with E-state index in [0.717, 1.165) is 16.9 Å². The molecule has 0 spiro atoms. The molecule has 0 bridgehead atoms. The molecule has 0 saturated carbocycles. The van der Waals surface area contributed by atoms with Gasteiger partial charge in [0.05, 0.1) is 5.75 Å². The molecule has 2 heterocycles. The van der Waals surface area contributed by atoms with Crippen LogP contribution in [-0.4, -0.2) is 42.6 Å². The molecule has 10 nitrogen and oxygen atoms in total. The van der Waals surface area contributed by atoms with Crippen molar-refractivity contribution in [3.63, 3.8) is 0 Å². The average molecular weight is 449 g/mol. The summed E-state index contributed by atoms with van der Waals surface area (Å²) in [6, 6.07) is 16.9. The Morgan fingerprint density at radius 3 is 2.50 bits per heavy atom. The van der Waals surface area contributed by atoms with Crippen molar-refractivity contribution < 1.29 is 14.2 Å². The first-order valence-electron chi connectivity index (χ1n) is 9.62. The van der Waals surface area contributed by atoms with Crippen LogP contribution in [-0.2, 0) is 9.59 Å². The molecule has 2 N–H and O–H groups in total. The van der Waals surface area contributed by atoms with Crippen molar-refractivity contribution in [1.29, 1.82) is 0 Å². The summed E-state index contributed by atoms with van der Waals surface area (Å²) >= 11 is 1.22. The number of aryl methyl sites for hydroxylation is 1. The van der Waals surface area contributed by atoms with Crippen molar-refractivity contribution in [2.45, 2.75) is 19.0 Å². The third kappa shape index (κ3) is 4.67. The van der Waals surface area contributed by atoms with E-state index < -0.39 is 0 Å². The molecule has 4 rings (SSSR count). The summed E-state index contributed by atoms with van der Waals surface area (Å²) in [6.45, 7) is 3.29. The largest absolute Gasteiger partial charge is 0.325 e. The molecule has 2 aromatic carbocycles. The first kappa shape index (κ1) is 21.2. The van der Waals surface area contributed by atoms with Gasteiger partial charge in [-0.25, -0.2) is 4.63 Å². The van der Waals surface area contributed by atoms with E-state index >= 15 is 0 Å². The number of carbonyl (C=O) groups is 2. The second-order valence-electron chi connectivity index (χ2n) is 6.77. The van der Waals surface area contributed by atoms with Gasteiger partial charge in [0.25, 0.3) is 0 Å². The molecular weight excluding hydrogens is 430 g/mol. The van der Waals surface area contributed by atoms with Crippen LogP contribution in [0.1, 0.15) is 12.5 Å². The fraction of sp³-hybridized carbons (Fsp3) is 0.143. The van der Waals surface area contributed by atoms with Gasteiger partial charge in [0, 0.05) is 18.3 Å². The molecule has 2 amide bonds. The molecule has 32 heavy (non-hydrogen) atoms. The van der Waals surface area contributed by atoms with Gasteiger partial charge in [-0.1, -0.05) is 48.2 Å². The van der Waals surface area contributed by atoms with E-state index in [1.807, 2.05) is 61.5 Å². The van der Waals surface area contributed by atoms with Gasteiger partial charge in [-0.2, -0.15) is 0 Å². The van der Waals surface area contributed by atoms with E-state index in [1.54, 1.807) is 4.57 Å². The highest BCUT2D eigenvalue weighted by molar-refractivity contribution is 7.99. The molecule has 0 aliphatic rings. The standard InChI is InChI=1S/C21H19N7O3S/c1-13-8-6-7-11-16(13)23-17(30)12-32-21-25-24-20(28(21)15-9-4-3-5-10-15)18-19(22-14(2)29)27-31-26-18/h3-11H,12H2,1-2H3,(H,23,30)(H,22,27,29). The zero-order valence-electron chi connectivity index (χ0n) is 17.3. The second-order valence-corrected chi connectivity index (χ2v) is 7.71. The van der Waals surface area contributed by atoms with E-state index in [0.29, 0.717) is 11.0 Å². The Balaban J connectivity index is 1.62. The van der Waals surface area contributed by atoms with Crippen molar-refractivity contribution in [2.24, 2.45) is 0 Å². The highest BCUT2D eigenvalue weighted by Gasteiger charge is 2.24. The van der Waals surface area contributed by atoms with Gasteiger partial charge in [0.15, 0.2) is 16.7 Å². The number of thioether (sulfide) groups is 1. The molecule has 0 saturated heterocycles. The zero-order chi connectivity index (χ0) is 22.5. The van der Waals surface area contributed by atoms with Crippen LogP contribution in [0.2, 0.25) is 0 Å². The molecule has 0 aliphatic carbocycles. The molecule has 4 aromatic rings. The minimum atomic E-state index is -0.324. The molecule has 11 heteroatoms. The minimum absolute atomic E-state index is 0.120. The number of para-hydroxylation sites is 2. The van der Waals surface area contributed by atoms with Gasteiger partial charge in [-0.15, -0.1) is 10.2 Å². The van der Waals surface area contributed by atoms with E-state index in [9.17, 15) is 9.59 Å². The highest BCUT2D eigenvalue weighted by atomic mass is 32.2. The number of anilines is 2. The highest BCUT2D eigenvalue weighted by Crippen LogP contribution is 2.30. The van der Waals surface area contributed by atoms with E-state index in [4.69, 9.17) is 4.63 Å². The maximum absolute atomic E-state index is 12.5. The van der Waals surface area contributed by atoms with Gasteiger partial charge in [-0.3, -0.25) is 14.2 Å². The number of hydrogen-bond acceptors (Lipinski definition) is 8. The zero-order valence-corrected chi connectivity index (χ0v) is 18.1. The molecule has 162 valence electrons. The summed E-state index contributed by atoms with van der Waals surface area (Å²) < 4.78 is 6.54. The number of rotatable bonds is 7. The number of amides is 2. The summed E-state index contributed by atoms with van der Waals surface area (Å²) in [4.78, 5) is 24.0. The molecule has 0 atom stereocenters. The van der Waals surface area contributed by atoms with E-state index in [1.165, 1.54) is 18.7 Å². The normalized spacial score (nSPS) is 10.7. The van der Waals surface area contributed by atoms with Crippen LogP contribution in [0, 0.1) is 6.92 Å². The lowest BCUT2D eigenvalue weighted by Gasteiger charge is -2.10. The Labute approximate surface area is 187 Å². The van der Waals surface area contributed by atoms with Crippen LogP contribution >= 0.6 is 11.8 Å². The fourth-order valence-corrected chi connectivity index (χ4v) is 3.69. The molecule has 2 aromatic heterocycles. The van der Waals surface area contributed by atoms with Gasteiger partial charge in [-0.05, 0) is 41.0 Å². The van der Waals surface area contributed by atoms with Crippen LogP contribution < -0.4 is 10.6 Å². The lowest BCUT2D eigenvalue weighted by atomic mass is 10.2. The third-order valence-electron chi connectivity index (χ3n) is 4.39. The molecule has 0 aliphatic heterocycles. The summed E-state index contributed by atoms with van der Waals surface area (Å²) in [6.07, 6.45) is 0. The van der Waals surface area contributed by atoms with Crippen LogP contribution in [0.25, 0.3) is 17.2 Å². The van der Waals surface area contributed by atoms with Crippen LogP contribution in [0.15, 0.2) is 64.4 Å². The first-order chi connectivity index (χ1) is 15.5. The SMILES string of the molecule is CC(=O)Nc1nonc1-c1nnc(SCC(=O)Nc2ccccc2C)n1-c1ccccc1. The van der Waals surface area contributed by atoms with Crippen LogP contribution in [0.4, 0.5) is 11.5 Å². The topological polar surface area (TPSA) is 128 Å².